The number of ether oxygens (including phenoxy) is 1. The molecule has 0 fully saturated rings. The Hall–Kier alpha value is -1.52. The minimum absolute atomic E-state index is 0.0137. The van der Waals surface area contributed by atoms with Gasteiger partial charge in [-0.15, -0.1) is 0 Å². The van der Waals surface area contributed by atoms with Crippen LogP contribution in [0.3, 0.4) is 0 Å². The quantitative estimate of drug-likeness (QED) is 0.681. The molecule has 0 saturated carbocycles. The first-order valence-electron chi connectivity index (χ1n) is 7.44. The van der Waals surface area contributed by atoms with Crippen LogP contribution in [0, 0.1) is 6.92 Å². The molecule has 122 valence electrons. The molecular weight excluding hydrogens is 327 g/mol. The standard InChI is InChI=1S/C16H21N4OPS/c1-9-13(10-7-12(22-6)11(21-5)8-17-10)20-15(18-9)23-14(19-20)16(2,3)4/h7-8,22H,1-6H3. The molecule has 0 aromatic carbocycles. The van der Waals surface area contributed by atoms with Gasteiger partial charge in [-0.3, -0.25) is 4.98 Å². The van der Waals surface area contributed by atoms with Crippen LogP contribution in [-0.4, -0.2) is 33.4 Å². The van der Waals surface area contributed by atoms with Crippen molar-refractivity contribution < 1.29 is 4.74 Å². The summed E-state index contributed by atoms with van der Waals surface area (Å²) in [5, 5.41) is 7.02. The van der Waals surface area contributed by atoms with E-state index in [0.29, 0.717) is 8.58 Å². The maximum Gasteiger partial charge on any atom is 0.213 e. The van der Waals surface area contributed by atoms with E-state index in [1.807, 2.05) is 11.4 Å². The van der Waals surface area contributed by atoms with Crippen LogP contribution >= 0.6 is 19.9 Å². The van der Waals surface area contributed by atoms with Crippen LogP contribution in [0.25, 0.3) is 16.3 Å². The van der Waals surface area contributed by atoms with Gasteiger partial charge in [0, 0.05) is 10.7 Å². The van der Waals surface area contributed by atoms with Gasteiger partial charge in [-0.1, -0.05) is 40.7 Å². The predicted molar refractivity (Wildman–Crippen MR) is 98.0 cm³/mol. The van der Waals surface area contributed by atoms with E-state index in [4.69, 9.17) is 9.84 Å². The van der Waals surface area contributed by atoms with Crippen LogP contribution in [0.15, 0.2) is 12.3 Å². The SMILES string of the molecule is COc1cnc(-c2c(C)nc3sc(C(C)(C)C)nn23)cc1PC. The molecule has 1 atom stereocenters. The van der Waals surface area contributed by atoms with E-state index < -0.39 is 0 Å². The number of imidazole rings is 1. The molecule has 0 N–H and O–H groups in total. The molecule has 23 heavy (non-hydrogen) atoms. The minimum atomic E-state index is 0.0137. The van der Waals surface area contributed by atoms with Crippen LogP contribution in [0.1, 0.15) is 31.5 Å². The van der Waals surface area contributed by atoms with Gasteiger partial charge in [0.25, 0.3) is 0 Å². The van der Waals surface area contributed by atoms with Gasteiger partial charge in [-0.05, 0) is 19.7 Å². The van der Waals surface area contributed by atoms with Gasteiger partial charge in [0.05, 0.1) is 24.7 Å². The summed E-state index contributed by atoms with van der Waals surface area (Å²) in [5.74, 6) is 0.835. The van der Waals surface area contributed by atoms with E-state index in [9.17, 15) is 0 Å². The van der Waals surface area contributed by atoms with Crippen molar-refractivity contribution in [1.82, 2.24) is 19.6 Å². The zero-order chi connectivity index (χ0) is 16.8. The van der Waals surface area contributed by atoms with Crippen molar-refractivity contribution in [2.75, 3.05) is 13.8 Å². The van der Waals surface area contributed by atoms with Crippen molar-refractivity contribution in [3.8, 4) is 17.1 Å². The Morgan fingerprint density at radius 1 is 1.30 bits per heavy atom. The first kappa shape index (κ1) is 16.3. The zero-order valence-corrected chi connectivity index (χ0v) is 16.1. The van der Waals surface area contributed by atoms with Gasteiger partial charge < -0.3 is 4.74 Å². The third-order valence-electron chi connectivity index (χ3n) is 3.62. The van der Waals surface area contributed by atoms with E-state index >= 15 is 0 Å². The van der Waals surface area contributed by atoms with Gasteiger partial charge in [0.1, 0.15) is 16.5 Å². The highest BCUT2D eigenvalue weighted by atomic mass is 32.1. The fourth-order valence-electron chi connectivity index (χ4n) is 2.38. The molecule has 0 radical (unpaired) electrons. The smallest absolute Gasteiger partial charge is 0.213 e. The Morgan fingerprint density at radius 3 is 2.65 bits per heavy atom. The second-order valence-corrected chi connectivity index (χ2v) is 8.41. The lowest BCUT2D eigenvalue weighted by atomic mass is 9.98. The fraction of sp³-hybridized carbons (Fsp3) is 0.438. The lowest BCUT2D eigenvalue weighted by Crippen LogP contribution is -2.11. The van der Waals surface area contributed by atoms with Crippen molar-refractivity contribution in [3.05, 3.63) is 23.0 Å². The summed E-state index contributed by atoms with van der Waals surface area (Å²) in [5.41, 5.74) is 2.83. The average molecular weight is 348 g/mol. The number of fused-ring (bicyclic) bond motifs is 1. The van der Waals surface area contributed by atoms with Gasteiger partial charge in [-0.25, -0.2) is 9.50 Å². The number of aromatic nitrogens is 4. The summed E-state index contributed by atoms with van der Waals surface area (Å²) in [6, 6.07) is 2.09. The number of pyridine rings is 1. The first-order chi connectivity index (χ1) is 10.8. The first-order valence-corrected chi connectivity index (χ1v) is 9.75. The molecule has 0 amide bonds. The Kier molecular flexibility index (Phi) is 4.15. The van der Waals surface area contributed by atoms with E-state index in [1.54, 1.807) is 24.6 Å². The molecule has 0 bridgehead atoms. The summed E-state index contributed by atoms with van der Waals surface area (Å²) in [7, 11) is 2.32. The number of hydrogen-bond acceptors (Lipinski definition) is 5. The van der Waals surface area contributed by atoms with Crippen molar-refractivity contribution in [1.29, 1.82) is 0 Å². The molecule has 0 saturated heterocycles. The molecule has 3 rings (SSSR count). The van der Waals surface area contributed by atoms with E-state index in [0.717, 1.165) is 38.1 Å². The van der Waals surface area contributed by atoms with Gasteiger partial charge in [-0.2, -0.15) is 5.10 Å². The van der Waals surface area contributed by atoms with Gasteiger partial charge in [0.15, 0.2) is 0 Å². The lowest BCUT2D eigenvalue weighted by molar-refractivity contribution is 0.416. The largest absolute Gasteiger partial charge is 0.494 e. The number of nitrogens with zero attached hydrogens (tertiary/aromatic N) is 4. The Morgan fingerprint density at radius 2 is 2.04 bits per heavy atom. The van der Waals surface area contributed by atoms with Crippen LogP contribution in [0.2, 0.25) is 0 Å². The summed E-state index contributed by atoms with van der Waals surface area (Å²) in [6.07, 6.45) is 1.79. The lowest BCUT2D eigenvalue weighted by Gasteiger charge is -2.13. The normalized spacial score (nSPS) is 12.6. The van der Waals surface area contributed by atoms with E-state index in [-0.39, 0.29) is 5.41 Å². The highest BCUT2D eigenvalue weighted by Crippen LogP contribution is 2.32. The molecule has 0 aliphatic carbocycles. The summed E-state index contributed by atoms with van der Waals surface area (Å²) in [6.45, 7) is 10.6. The zero-order valence-electron chi connectivity index (χ0n) is 14.3. The monoisotopic (exact) mass is 348 g/mol. The second kappa shape index (κ2) is 5.84. The van der Waals surface area contributed by atoms with Crippen LogP contribution in [0.4, 0.5) is 0 Å². The molecule has 3 heterocycles. The maximum atomic E-state index is 5.38. The molecular formula is C16H21N4OPS. The molecule has 7 heteroatoms. The predicted octanol–water partition coefficient (Wildman–Crippen LogP) is 3.40. The molecule has 0 aliphatic heterocycles. The van der Waals surface area contributed by atoms with Crippen molar-refractivity contribution >= 4 is 30.2 Å². The number of methoxy groups -OCH3 is 1. The van der Waals surface area contributed by atoms with Crippen molar-refractivity contribution in [2.45, 2.75) is 33.1 Å². The van der Waals surface area contributed by atoms with Crippen LogP contribution in [0.5, 0.6) is 5.75 Å². The third kappa shape index (κ3) is 2.86. The maximum absolute atomic E-state index is 5.38. The third-order valence-corrected chi connectivity index (χ3v) is 5.88. The van der Waals surface area contributed by atoms with Gasteiger partial charge >= 0.3 is 0 Å². The highest BCUT2D eigenvalue weighted by molar-refractivity contribution is 7.46. The number of aryl methyl sites for hydroxylation is 1. The fourth-order valence-corrected chi connectivity index (χ4v) is 4.07. The van der Waals surface area contributed by atoms with Crippen molar-refractivity contribution in [2.24, 2.45) is 0 Å². The van der Waals surface area contributed by atoms with Gasteiger partial charge in [0.2, 0.25) is 4.96 Å². The molecule has 1 unspecified atom stereocenters. The molecule has 0 spiro atoms. The Bertz CT molecular complexity index is 863. The summed E-state index contributed by atoms with van der Waals surface area (Å²) < 4.78 is 7.31. The second-order valence-electron chi connectivity index (χ2n) is 6.42. The molecule has 0 aliphatic rings. The number of rotatable bonds is 3. The minimum Gasteiger partial charge on any atom is -0.494 e. The Balaban J connectivity index is 2.19. The molecule has 3 aromatic heterocycles. The topological polar surface area (TPSA) is 52.3 Å². The van der Waals surface area contributed by atoms with Crippen LogP contribution in [-0.2, 0) is 5.41 Å². The summed E-state index contributed by atoms with van der Waals surface area (Å²) in [4.78, 5) is 10.2. The highest BCUT2D eigenvalue weighted by Gasteiger charge is 2.23. The number of hydrogen-bond donors (Lipinski definition) is 0. The average Bonchev–Trinajstić information content (AvgIpc) is 3.02. The molecule has 5 nitrogen and oxygen atoms in total. The van der Waals surface area contributed by atoms with E-state index in [1.165, 1.54) is 0 Å². The summed E-state index contributed by atoms with van der Waals surface area (Å²) >= 11 is 1.64. The van der Waals surface area contributed by atoms with Crippen molar-refractivity contribution in [3.63, 3.8) is 0 Å². The van der Waals surface area contributed by atoms with E-state index in [2.05, 4.69) is 43.5 Å². The Labute approximate surface area is 141 Å². The molecule has 3 aromatic rings. The van der Waals surface area contributed by atoms with Crippen LogP contribution < -0.4 is 10.0 Å².